The molecule has 3 nitrogen and oxygen atoms in total. The Balaban J connectivity index is 2.40. The van der Waals surface area contributed by atoms with Gasteiger partial charge in [-0.05, 0) is 30.1 Å². The fraction of sp³-hybridized carbons (Fsp3) is 0.778. The van der Waals surface area contributed by atoms with Crippen molar-refractivity contribution in [1.29, 1.82) is 0 Å². The zero-order valence-electron chi connectivity index (χ0n) is 8.04. The molecule has 1 aromatic heterocycles. The summed E-state index contributed by atoms with van der Waals surface area (Å²) in [6, 6.07) is 0. The lowest BCUT2D eigenvalue weighted by molar-refractivity contribution is 0.549. The first-order valence-electron chi connectivity index (χ1n) is 4.81. The molecule has 1 rings (SSSR count). The highest BCUT2D eigenvalue weighted by Gasteiger charge is 2.01. The monoisotopic (exact) mass is 293 g/mol. The number of hydrogen-bond donors (Lipinski definition) is 0. The molecule has 0 unspecified atom stereocenters. The van der Waals surface area contributed by atoms with Gasteiger partial charge < -0.3 is 0 Å². The Morgan fingerprint density at radius 1 is 1.46 bits per heavy atom. The molecular weight excluding hydrogens is 277 g/mol. The van der Waals surface area contributed by atoms with E-state index in [1.54, 1.807) is 0 Å². The average molecular weight is 293 g/mol. The highest BCUT2D eigenvalue weighted by atomic mass is 127. The van der Waals surface area contributed by atoms with Gasteiger partial charge in [0, 0.05) is 6.54 Å². The molecule has 1 aromatic rings. The second-order valence-electron chi connectivity index (χ2n) is 3.09. The van der Waals surface area contributed by atoms with E-state index in [4.69, 9.17) is 0 Å². The second kappa shape index (κ2) is 6.34. The molecule has 4 heteroatoms. The summed E-state index contributed by atoms with van der Waals surface area (Å²) >= 11 is 2.42. The zero-order chi connectivity index (χ0) is 9.52. The quantitative estimate of drug-likeness (QED) is 0.458. The van der Waals surface area contributed by atoms with Crippen LogP contribution in [0.25, 0.3) is 0 Å². The predicted molar refractivity (Wildman–Crippen MR) is 62.1 cm³/mol. The number of halogens is 1. The lowest BCUT2D eigenvalue weighted by atomic mass is 10.2. The zero-order valence-corrected chi connectivity index (χ0v) is 10.2. The molecule has 0 fully saturated rings. The highest BCUT2D eigenvalue weighted by Crippen LogP contribution is 2.05. The molecule has 74 valence electrons. The van der Waals surface area contributed by atoms with E-state index in [0.29, 0.717) is 0 Å². The fourth-order valence-corrected chi connectivity index (χ4v) is 1.81. The topological polar surface area (TPSA) is 30.7 Å². The molecule has 0 spiro atoms. The van der Waals surface area contributed by atoms with Gasteiger partial charge in [0.15, 0.2) is 0 Å². The Morgan fingerprint density at radius 3 is 3.00 bits per heavy atom. The van der Waals surface area contributed by atoms with Crippen molar-refractivity contribution in [1.82, 2.24) is 15.0 Å². The van der Waals surface area contributed by atoms with Gasteiger partial charge in [-0.1, -0.05) is 34.7 Å². The number of aromatic nitrogens is 3. The molecule has 1 heterocycles. The molecule has 0 radical (unpaired) electrons. The first-order valence-corrected chi connectivity index (χ1v) is 6.34. The molecule has 13 heavy (non-hydrogen) atoms. The Labute approximate surface area is 93.0 Å². The summed E-state index contributed by atoms with van der Waals surface area (Å²) in [5.74, 6) is 0. The molecule has 0 aromatic carbocycles. The number of rotatable bonds is 6. The van der Waals surface area contributed by atoms with E-state index in [9.17, 15) is 0 Å². The molecule has 0 atom stereocenters. The molecule has 0 aliphatic rings. The van der Waals surface area contributed by atoms with Crippen LogP contribution in [0, 0.1) is 0 Å². The maximum absolute atomic E-state index is 4.05. The van der Waals surface area contributed by atoms with E-state index in [1.807, 2.05) is 10.9 Å². The lowest BCUT2D eigenvalue weighted by Crippen LogP contribution is -2.04. The van der Waals surface area contributed by atoms with Crippen LogP contribution < -0.4 is 0 Å². The number of alkyl halides is 1. The minimum absolute atomic E-state index is 1.000. The van der Waals surface area contributed by atoms with Crippen molar-refractivity contribution >= 4 is 22.6 Å². The summed E-state index contributed by atoms with van der Waals surface area (Å²) in [5.41, 5.74) is 1.28. The van der Waals surface area contributed by atoms with Crippen LogP contribution in [0.3, 0.4) is 0 Å². The summed E-state index contributed by atoms with van der Waals surface area (Å²) in [7, 11) is 0. The number of hydrogen-bond acceptors (Lipinski definition) is 2. The Morgan fingerprint density at radius 2 is 2.31 bits per heavy atom. The summed E-state index contributed by atoms with van der Waals surface area (Å²) in [5, 5.41) is 7.98. The van der Waals surface area contributed by atoms with Gasteiger partial charge in [0.05, 0.1) is 11.9 Å². The number of unbranched alkanes of at least 4 members (excludes halogenated alkanes) is 1. The minimum atomic E-state index is 1.000. The van der Waals surface area contributed by atoms with E-state index < -0.39 is 0 Å². The smallest absolute Gasteiger partial charge is 0.0725 e. The van der Waals surface area contributed by atoms with Crippen molar-refractivity contribution in [3.8, 4) is 0 Å². The van der Waals surface area contributed by atoms with Gasteiger partial charge in [-0.15, -0.1) is 5.10 Å². The normalized spacial score (nSPS) is 10.6. The molecule has 0 bridgehead atoms. The summed E-state index contributed by atoms with van der Waals surface area (Å²) < 4.78 is 3.26. The minimum Gasteiger partial charge on any atom is -0.249 e. The molecule has 0 aliphatic carbocycles. The van der Waals surface area contributed by atoms with E-state index in [-0.39, 0.29) is 0 Å². The van der Waals surface area contributed by atoms with Gasteiger partial charge in [-0.2, -0.15) is 0 Å². The average Bonchev–Trinajstić information content (AvgIpc) is 2.54. The van der Waals surface area contributed by atoms with Crippen LogP contribution in [-0.2, 0) is 13.0 Å². The van der Waals surface area contributed by atoms with E-state index in [1.165, 1.54) is 23.0 Å². The highest BCUT2D eigenvalue weighted by molar-refractivity contribution is 14.1. The van der Waals surface area contributed by atoms with E-state index in [2.05, 4.69) is 39.8 Å². The van der Waals surface area contributed by atoms with Crippen LogP contribution in [-0.4, -0.2) is 19.4 Å². The van der Waals surface area contributed by atoms with Gasteiger partial charge in [-0.3, -0.25) is 0 Å². The van der Waals surface area contributed by atoms with Crippen LogP contribution >= 0.6 is 22.6 Å². The molecule has 0 N–H and O–H groups in total. The van der Waals surface area contributed by atoms with Crippen LogP contribution in [0.1, 0.15) is 31.9 Å². The van der Waals surface area contributed by atoms with Crippen molar-refractivity contribution in [2.75, 3.05) is 4.43 Å². The Hall–Kier alpha value is -0.130. The van der Waals surface area contributed by atoms with Crippen molar-refractivity contribution in [3.05, 3.63) is 11.9 Å². The van der Waals surface area contributed by atoms with Gasteiger partial charge in [0.25, 0.3) is 0 Å². The SMILES string of the molecule is CCCn1nncc1CCCCI. The van der Waals surface area contributed by atoms with Gasteiger partial charge in [-0.25, -0.2) is 4.68 Å². The van der Waals surface area contributed by atoms with Crippen molar-refractivity contribution < 1.29 is 0 Å². The maximum Gasteiger partial charge on any atom is 0.0725 e. The molecule has 0 saturated heterocycles. The largest absolute Gasteiger partial charge is 0.249 e. The third kappa shape index (κ3) is 3.62. The molecule has 0 aliphatic heterocycles. The second-order valence-corrected chi connectivity index (χ2v) is 4.17. The van der Waals surface area contributed by atoms with Crippen molar-refractivity contribution in [2.24, 2.45) is 0 Å². The summed E-state index contributed by atoms with van der Waals surface area (Å²) in [4.78, 5) is 0. The van der Waals surface area contributed by atoms with Crippen molar-refractivity contribution in [3.63, 3.8) is 0 Å². The van der Waals surface area contributed by atoms with Crippen LogP contribution in [0.2, 0.25) is 0 Å². The van der Waals surface area contributed by atoms with Gasteiger partial charge in [0.1, 0.15) is 0 Å². The Kier molecular flexibility index (Phi) is 5.34. The first-order chi connectivity index (χ1) is 6.38. The van der Waals surface area contributed by atoms with E-state index in [0.717, 1.165) is 19.4 Å². The van der Waals surface area contributed by atoms with Gasteiger partial charge in [0.2, 0.25) is 0 Å². The standard InChI is InChI=1S/C9H16IN3/c1-2-7-13-9(8-11-12-13)5-3-4-6-10/h8H,2-7H2,1H3. The number of nitrogens with zero attached hydrogens (tertiary/aromatic N) is 3. The summed E-state index contributed by atoms with van der Waals surface area (Å²) in [6.45, 7) is 3.16. The van der Waals surface area contributed by atoms with Crippen LogP contribution in [0.5, 0.6) is 0 Å². The lowest BCUT2D eigenvalue weighted by Gasteiger charge is -2.02. The third-order valence-electron chi connectivity index (χ3n) is 1.95. The summed E-state index contributed by atoms with van der Waals surface area (Å²) in [6.07, 6.45) is 6.68. The maximum atomic E-state index is 4.05. The molecule has 0 saturated carbocycles. The number of aryl methyl sites for hydroxylation is 2. The third-order valence-corrected chi connectivity index (χ3v) is 2.71. The molecular formula is C9H16IN3. The Bertz CT molecular complexity index is 235. The molecule has 0 amide bonds. The predicted octanol–water partition coefficient (Wildman–Crippen LogP) is 2.45. The van der Waals surface area contributed by atoms with Crippen molar-refractivity contribution in [2.45, 2.75) is 39.2 Å². The van der Waals surface area contributed by atoms with E-state index >= 15 is 0 Å². The van der Waals surface area contributed by atoms with Crippen LogP contribution in [0.4, 0.5) is 0 Å². The fourth-order valence-electron chi connectivity index (χ4n) is 1.27. The van der Waals surface area contributed by atoms with Gasteiger partial charge >= 0.3 is 0 Å². The first kappa shape index (κ1) is 10.9. The van der Waals surface area contributed by atoms with Crippen LogP contribution in [0.15, 0.2) is 6.20 Å².